The fraction of sp³-hybridized carbons (Fsp3) is 0.167. The van der Waals surface area contributed by atoms with Crippen LogP contribution < -0.4 is 5.32 Å². The lowest BCUT2D eigenvalue weighted by atomic mass is 9.95. The molecule has 3 heteroatoms. The molecule has 1 aromatic heterocycles. The van der Waals surface area contributed by atoms with E-state index in [1.54, 1.807) is 0 Å². The third kappa shape index (κ3) is 3.14. The fourth-order valence-corrected chi connectivity index (χ4v) is 3.14. The van der Waals surface area contributed by atoms with Gasteiger partial charge in [0, 0.05) is 22.9 Å². The Bertz CT molecular complexity index is 750. The van der Waals surface area contributed by atoms with Gasteiger partial charge in [0.2, 0.25) is 0 Å². The number of aromatic nitrogens is 1. The van der Waals surface area contributed by atoms with Crippen molar-refractivity contribution in [1.29, 1.82) is 0 Å². The SMILES string of the molecule is CNC(Cc1cncc(Br)c1)c1cccc2ccccc12. The molecule has 0 amide bonds. The van der Waals surface area contributed by atoms with Crippen LogP contribution in [0.25, 0.3) is 10.8 Å². The van der Waals surface area contributed by atoms with E-state index < -0.39 is 0 Å². The van der Waals surface area contributed by atoms with E-state index in [2.05, 4.69) is 74.8 Å². The van der Waals surface area contributed by atoms with Gasteiger partial charge in [-0.3, -0.25) is 4.98 Å². The smallest absolute Gasteiger partial charge is 0.0410 e. The maximum absolute atomic E-state index is 4.25. The van der Waals surface area contributed by atoms with Gasteiger partial charge in [-0.2, -0.15) is 0 Å². The molecule has 0 aliphatic carbocycles. The van der Waals surface area contributed by atoms with Crippen molar-refractivity contribution in [1.82, 2.24) is 10.3 Å². The summed E-state index contributed by atoms with van der Waals surface area (Å²) in [6, 6.07) is 17.4. The number of nitrogens with zero attached hydrogens (tertiary/aromatic N) is 1. The van der Waals surface area contributed by atoms with Gasteiger partial charge in [-0.15, -0.1) is 0 Å². The predicted octanol–water partition coefficient (Wildman–Crippen LogP) is 4.50. The van der Waals surface area contributed by atoms with Gasteiger partial charge in [0.1, 0.15) is 0 Å². The van der Waals surface area contributed by atoms with Crippen LogP contribution in [0, 0.1) is 0 Å². The minimum absolute atomic E-state index is 0.271. The molecule has 2 nitrogen and oxygen atoms in total. The lowest BCUT2D eigenvalue weighted by Crippen LogP contribution is -2.19. The largest absolute Gasteiger partial charge is 0.313 e. The van der Waals surface area contributed by atoms with Gasteiger partial charge >= 0.3 is 0 Å². The molecule has 1 unspecified atom stereocenters. The number of hydrogen-bond donors (Lipinski definition) is 1. The van der Waals surface area contributed by atoms with E-state index >= 15 is 0 Å². The quantitative estimate of drug-likeness (QED) is 0.756. The monoisotopic (exact) mass is 340 g/mol. The third-order valence-electron chi connectivity index (χ3n) is 3.75. The summed E-state index contributed by atoms with van der Waals surface area (Å²) in [5.74, 6) is 0. The van der Waals surface area contributed by atoms with E-state index in [1.807, 2.05) is 19.4 Å². The highest BCUT2D eigenvalue weighted by Gasteiger charge is 2.13. The number of fused-ring (bicyclic) bond motifs is 1. The minimum atomic E-state index is 0.271. The maximum Gasteiger partial charge on any atom is 0.0410 e. The van der Waals surface area contributed by atoms with Crippen molar-refractivity contribution in [2.45, 2.75) is 12.5 Å². The third-order valence-corrected chi connectivity index (χ3v) is 4.18. The van der Waals surface area contributed by atoms with Gasteiger partial charge in [-0.25, -0.2) is 0 Å². The summed E-state index contributed by atoms with van der Waals surface area (Å²) in [7, 11) is 2.01. The van der Waals surface area contributed by atoms with Gasteiger partial charge in [-0.1, -0.05) is 42.5 Å². The molecule has 0 aliphatic rings. The number of rotatable bonds is 4. The summed E-state index contributed by atoms with van der Waals surface area (Å²) in [5.41, 5.74) is 2.55. The number of pyridine rings is 1. The highest BCUT2D eigenvalue weighted by atomic mass is 79.9. The number of likely N-dealkylation sites (N-methyl/N-ethyl adjacent to an activating group) is 1. The Kier molecular flexibility index (Phi) is 4.32. The molecule has 0 saturated heterocycles. The fourth-order valence-electron chi connectivity index (χ4n) is 2.73. The van der Waals surface area contributed by atoms with Crippen molar-refractivity contribution in [3.05, 3.63) is 76.5 Å². The summed E-state index contributed by atoms with van der Waals surface area (Å²) in [4.78, 5) is 4.25. The number of nitrogens with one attached hydrogen (secondary N) is 1. The van der Waals surface area contributed by atoms with Crippen LogP contribution in [-0.2, 0) is 6.42 Å². The van der Waals surface area contributed by atoms with Crippen LogP contribution in [-0.4, -0.2) is 12.0 Å². The standard InChI is InChI=1S/C18H17BrN2/c1-20-18(10-13-9-15(19)12-21-11-13)17-8-4-6-14-5-2-3-7-16(14)17/h2-9,11-12,18,20H,10H2,1H3. The molecule has 1 N–H and O–H groups in total. The van der Waals surface area contributed by atoms with E-state index in [9.17, 15) is 0 Å². The first-order valence-corrected chi connectivity index (χ1v) is 7.81. The first-order chi connectivity index (χ1) is 10.3. The Morgan fingerprint density at radius 2 is 1.90 bits per heavy atom. The van der Waals surface area contributed by atoms with Crippen LogP contribution in [0.3, 0.4) is 0 Å². The van der Waals surface area contributed by atoms with Crippen LogP contribution in [0.1, 0.15) is 17.2 Å². The highest BCUT2D eigenvalue weighted by Crippen LogP contribution is 2.27. The molecule has 0 bridgehead atoms. The molecule has 3 rings (SSSR count). The first-order valence-electron chi connectivity index (χ1n) is 7.02. The average Bonchev–Trinajstić information content (AvgIpc) is 2.52. The zero-order valence-electron chi connectivity index (χ0n) is 11.9. The molecule has 2 aromatic carbocycles. The van der Waals surface area contributed by atoms with Crippen LogP contribution in [0.15, 0.2) is 65.4 Å². The normalized spacial score (nSPS) is 12.5. The van der Waals surface area contributed by atoms with Gasteiger partial charge in [0.15, 0.2) is 0 Å². The maximum atomic E-state index is 4.25. The second kappa shape index (κ2) is 6.37. The lowest BCUT2D eigenvalue weighted by Gasteiger charge is -2.19. The second-order valence-electron chi connectivity index (χ2n) is 5.13. The Hall–Kier alpha value is -1.71. The number of hydrogen-bond acceptors (Lipinski definition) is 2. The Labute approximate surface area is 133 Å². The summed E-state index contributed by atoms with van der Waals surface area (Å²) in [5, 5.41) is 6.02. The topological polar surface area (TPSA) is 24.9 Å². The molecule has 1 heterocycles. The minimum Gasteiger partial charge on any atom is -0.313 e. The van der Waals surface area contributed by atoms with Crippen molar-refractivity contribution in [2.24, 2.45) is 0 Å². The van der Waals surface area contributed by atoms with Crippen molar-refractivity contribution in [3.8, 4) is 0 Å². The van der Waals surface area contributed by atoms with Gasteiger partial charge in [0.05, 0.1) is 0 Å². The number of benzene rings is 2. The van der Waals surface area contributed by atoms with E-state index in [0.29, 0.717) is 0 Å². The van der Waals surface area contributed by atoms with Crippen molar-refractivity contribution in [3.63, 3.8) is 0 Å². The molecule has 0 spiro atoms. The van der Waals surface area contributed by atoms with Crippen LogP contribution >= 0.6 is 15.9 Å². The molecule has 106 valence electrons. The Morgan fingerprint density at radius 1 is 1.10 bits per heavy atom. The van der Waals surface area contributed by atoms with Gasteiger partial charge < -0.3 is 5.32 Å². The van der Waals surface area contributed by atoms with E-state index in [1.165, 1.54) is 21.9 Å². The average molecular weight is 341 g/mol. The van der Waals surface area contributed by atoms with Crippen molar-refractivity contribution in [2.75, 3.05) is 7.05 Å². The Balaban J connectivity index is 1.98. The van der Waals surface area contributed by atoms with Crippen LogP contribution in [0.2, 0.25) is 0 Å². The summed E-state index contributed by atoms with van der Waals surface area (Å²) in [6.07, 6.45) is 4.66. The molecule has 3 aromatic rings. The molecular weight excluding hydrogens is 324 g/mol. The van der Waals surface area contributed by atoms with Gasteiger partial charge in [-0.05, 0) is 57.4 Å². The van der Waals surface area contributed by atoms with E-state index in [-0.39, 0.29) is 6.04 Å². The summed E-state index contributed by atoms with van der Waals surface area (Å²) < 4.78 is 1.02. The van der Waals surface area contributed by atoms with Crippen LogP contribution in [0.4, 0.5) is 0 Å². The zero-order chi connectivity index (χ0) is 14.7. The Morgan fingerprint density at radius 3 is 2.71 bits per heavy atom. The molecule has 0 fully saturated rings. The van der Waals surface area contributed by atoms with E-state index in [4.69, 9.17) is 0 Å². The molecule has 0 saturated carbocycles. The van der Waals surface area contributed by atoms with Crippen molar-refractivity contribution < 1.29 is 0 Å². The molecule has 0 radical (unpaired) electrons. The molecular formula is C18H17BrN2. The first kappa shape index (κ1) is 14.2. The zero-order valence-corrected chi connectivity index (χ0v) is 13.5. The lowest BCUT2D eigenvalue weighted by molar-refractivity contribution is 0.595. The van der Waals surface area contributed by atoms with Gasteiger partial charge in [0.25, 0.3) is 0 Å². The summed E-state index contributed by atoms with van der Waals surface area (Å²) >= 11 is 3.49. The highest BCUT2D eigenvalue weighted by molar-refractivity contribution is 9.10. The van der Waals surface area contributed by atoms with Crippen LogP contribution in [0.5, 0.6) is 0 Å². The van der Waals surface area contributed by atoms with Crippen molar-refractivity contribution >= 4 is 26.7 Å². The number of halogens is 1. The molecule has 21 heavy (non-hydrogen) atoms. The summed E-state index contributed by atoms with van der Waals surface area (Å²) in [6.45, 7) is 0. The van der Waals surface area contributed by atoms with E-state index in [0.717, 1.165) is 10.9 Å². The second-order valence-corrected chi connectivity index (χ2v) is 6.04. The predicted molar refractivity (Wildman–Crippen MR) is 91.4 cm³/mol. The molecule has 0 aliphatic heterocycles. The molecule has 1 atom stereocenters.